The number of rotatable bonds is 12. The van der Waals surface area contributed by atoms with Crippen molar-refractivity contribution >= 4 is 28.7 Å². The van der Waals surface area contributed by atoms with E-state index in [0.717, 1.165) is 17.5 Å². The van der Waals surface area contributed by atoms with E-state index in [4.69, 9.17) is 11.5 Å². The quantitative estimate of drug-likeness (QED) is 0.0801. The molecule has 8 N–H and O–H groups in total. The van der Waals surface area contributed by atoms with Crippen molar-refractivity contribution in [2.24, 2.45) is 16.5 Å². The summed E-state index contributed by atoms with van der Waals surface area (Å²) in [6.07, 6.45) is 6.05. The largest absolute Gasteiger partial charge is 0.370 e. The number of hydrogen-bond acceptors (Lipinski definition) is 5. The Morgan fingerprint density at radius 2 is 1.77 bits per heavy atom. The topological polar surface area (TPSA) is 154 Å². The van der Waals surface area contributed by atoms with Crippen molar-refractivity contribution in [3.05, 3.63) is 107 Å². The van der Waals surface area contributed by atoms with Crippen LogP contribution in [0.2, 0.25) is 0 Å². The zero-order valence-electron chi connectivity index (χ0n) is 26.8. The molecule has 4 atom stereocenters. The van der Waals surface area contributed by atoms with Crippen LogP contribution < -0.4 is 27.4 Å². The van der Waals surface area contributed by atoms with Gasteiger partial charge in [-0.25, -0.2) is 0 Å². The number of hydrogen-bond donors (Lipinski definition) is 6. The highest BCUT2D eigenvalue weighted by Gasteiger charge is 2.36. The number of para-hydroxylation sites is 1. The normalized spacial score (nSPS) is 20.3. The number of carbonyl (C=O) groups excluding carboxylic acids is 2. The Morgan fingerprint density at radius 1 is 1.00 bits per heavy atom. The lowest BCUT2D eigenvalue weighted by Gasteiger charge is -2.32. The molecule has 0 bridgehead atoms. The van der Waals surface area contributed by atoms with E-state index < -0.39 is 6.04 Å². The smallest absolute Gasteiger partial charge is 0.239 e. The molecule has 0 aliphatic carbocycles. The van der Waals surface area contributed by atoms with Crippen molar-refractivity contribution in [2.75, 3.05) is 19.6 Å². The fraction of sp³-hybridized carbons (Fsp3) is 0.378. The molecule has 2 aliphatic rings. The summed E-state index contributed by atoms with van der Waals surface area (Å²) < 4.78 is 0. The number of carbonyl (C=O) groups is 2. The van der Waals surface area contributed by atoms with E-state index in [1.54, 1.807) is 0 Å². The lowest BCUT2D eigenvalue weighted by Crippen LogP contribution is -2.58. The highest BCUT2D eigenvalue weighted by Crippen LogP contribution is 2.22. The van der Waals surface area contributed by atoms with Crippen molar-refractivity contribution in [3.8, 4) is 0 Å². The molecule has 4 aromatic rings. The zero-order chi connectivity index (χ0) is 32.6. The summed E-state index contributed by atoms with van der Waals surface area (Å²) in [5.74, 6) is 0.110. The minimum absolute atomic E-state index is 0.0155. The van der Waals surface area contributed by atoms with Gasteiger partial charge in [0.15, 0.2) is 5.96 Å². The minimum atomic E-state index is -0.422. The fourth-order valence-electron chi connectivity index (χ4n) is 6.97. The zero-order valence-corrected chi connectivity index (χ0v) is 26.8. The van der Waals surface area contributed by atoms with Gasteiger partial charge in [0.25, 0.3) is 0 Å². The Kier molecular flexibility index (Phi) is 10.5. The van der Waals surface area contributed by atoms with Gasteiger partial charge in [-0.15, -0.1) is 0 Å². The molecule has 0 radical (unpaired) electrons. The summed E-state index contributed by atoms with van der Waals surface area (Å²) in [6, 6.07) is 25.7. The molecule has 2 aliphatic heterocycles. The Morgan fingerprint density at radius 3 is 2.60 bits per heavy atom. The molecule has 0 unspecified atom stereocenters. The van der Waals surface area contributed by atoms with Crippen molar-refractivity contribution in [3.63, 3.8) is 0 Å². The number of nitrogens with one attached hydrogen (secondary N) is 4. The maximum atomic E-state index is 14.1. The summed E-state index contributed by atoms with van der Waals surface area (Å²) in [7, 11) is 0. The number of fused-ring (bicyclic) bond motifs is 2. The van der Waals surface area contributed by atoms with E-state index in [0.29, 0.717) is 58.3 Å². The van der Waals surface area contributed by atoms with Crippen LogP contribution in [0.25, 0.3) is 10.9 Å². The van der Waals surface area contributed by atoms with E-state index in [1.807, 2.05) is 53.6 Å². The number of guanidine groups is 1. The number of aliphatic imine (C=N–C) groups is 1. The average molecular weight is 635 g/mol. The average Bonchev–Trinajstić information content (AvgIpc) is 3.44. The molecular formula is C37H46N8O2. The molecule has 2 amide bonds. The molecule has 246 valence electrons. The predicted molar refractivity (Wildman–Crippen MR) is 187 cm³/mol. The SMILES string of the molecule is NC(N)=NCCC[C@@H]1N[C@H]([C@H](Cc2ccccc2)NC(=O)[C@H]2Cc3ccccc3CN2)CCN(CCc2c[nH]c3ccccc23)C1=O. The monoisotopic (exact) mass is 634 g/mol. The van der Waals surface area contributed by atoms with Crippen LogP contribution in [-0.4, -0.2) is 71.5 Å². The summed E-state index contributed by atoms with van der Waals surface area (Å²) in [5, 5.41) is 11.7. The van der Waals surface area contributed by atoms with Crippen LogP contribution in [0.4, 0.5) is 0 Å². The van der Waals surface area contributed by atoms with E-state index in [2.05, 4.69) is 62.3 Å². The Balaban J connectivity index is 1.21. The Labute approximate surface area is 276 Å². The van der Waals surface area contributed by atoms with Crippen molar-refractivity contribution in [2.45, 2.75) is 69.2 Å². The van der Waals surface area contributed by atoms with E-state index in [9.17, 15) is 9.59 Å². The highest BCUT2D eigenvalue weighted by molar-refractivity contribution is 5.85. The van der Waals surface area contributed by atoms with Gasteiger partial charge < -0.3 is 37.3 Å². The Bertz CT molecular complexity index is 1680. The third-order valence-electron chi connectivity index (χ3n) is 9.52. The standard InChI is InChI=1S/C37H46N8O2/c38-37(39)40-18-8-15-32-36(47)45(19-16-28-24-41-30-14-7-6-13-29(28)30)20-17-31(43-32)33(21-25-9-2-1-3-10-25)44-35(46)34-22-26-11-4-5-12-27(26)23-42-34/h1-7,9-14,24,31-34,41-43H,8,15-23H2,(H,44,46)(H4,38,39,40)/t31-,32-,33-,34+/m0/s1. The van der Waals surface area contributed by atoms with Crippen LogP contribution in [0.5, 0.6) is 0 Å². The first kappa shape index (κ1) is 32.3. The van der Waals surface area contributed by atoms with Gasteiger partial charge >= 0.3 is 0 Å². The van der Waals surface area contributed by atoms with Gasteiger partial charge in [-0.3, -0.25) is 14.6 Å². The van der Waals surface area contributed by atoms with Gasteiger partial charge in [-0.2, -0.15) is 0 Å². The van der Waals surface area contributed by atoms with Crippen LogP contribution in [0.3, 0.4) is 0 Å². The molecular weight excluding hydrogens is 588 g/mol. The molecule has 1 saturated heterocycles. The number of H-pyrrole nitrogens is 1. The predicted octanol–water partition coefficient (Wildman–Crippen LogP) is 2.77. The molecule has 10 heteroatoms. The maximum absolute atomic E-state index is 14.1. The van der Waals surface area contributed by atoms with Crippen molar-refractivity contribution in [1.29, 1.82) is 0 Å². The number of aromatic nitrogens is 1. The van der Waals surface area contributed by atoms with E-state index >= 15 is 0 Å². The second-order valence-electron chi connectivity index (χ2n) is 12.7. The highest BCUT2D eigenvalue weighted by atomic mass is 16.2. The first-order chi connectivity index (χ1) is 22.9. The van der Waals surface area contributed by atoms with E-state index in [-0.39, 0.29) is 35.9 Å². The van der Waals surface area contributed by atoms with Crippen molar-refractivity contribution < 1.29 is 9.59 Å². The molecule has 0 saturated carbocycles. The van der Waals surface area contributed by atoms with Gasteiger partial charge in [0.05, 0.1) is 12.1 Å². The molecule has 3 aromatic carbocycles. The summed E-state index contributed by atoms with van der Waals surface area (Å²) in [6.45, 7) is 2.32. The van der Waals surface area contributed by atoms with Gasteiger partial charge in [-0.05, 0) is 66.8 Å². The van der Waals surface area contributed by atoms with Crippen LogP contribution in [0.1, 0.15) is 41.5 Å². The molecule has 6 rings (SSSR count). The second kappa shape index (κ2) is 15.3. The number of aromatic amines is 1. The number of amides is 2. The summed E-state index contributed by atoms with van der Waals surface area (Å²) in [5.41, 5.74) is 17.0. The van der Waals surface area contributed by atoms with Gasteiger partial charge in [0, 0.05) is 55.4 Å². The molecule has 0 spiro atoms. The first-order valence-electron chi connectivity index (χ1n) is 16.7. The van der Waals surface area contributed by atoms with Crippen LogP contribution in [-0.2, 0) is 35.4 Å². The second-order valence-corrected chi connectivity index (χ2v) is 12.7. The van der Waals surface area contributed by atoms with Crippen LogP contribution >= 0.6 is 0 Å². The van der Waals surface area contributed by atoms with Crippen LogP contribution in [0.15, 0.2) is 90.1 Å². The number of nitrogens with zero attached hydrogens (tertiary/aromatic N) is 2. The van der Waals surface area contributed by atoms with Gasteiger partial charge in [-0.1, -0.05) is 72.8 Å². The molecule has 1 aromatic heterocycles. The third kappa shape index (κ3) is 8.19. The summed E-state index contributed by atoms with van der Waals surface area (Å²) >= 11 is 0. The van der Waals surface area contributed by atoms with Gasteiger partial charge in [0.1, 0.15) is 0 Å². The maximum Gasteiger partial charge on any atom is 0.239 e. The number of nitrogens with two attached hydrogens (primary N) is 2. The first-order valence-corrected chi connectivity index (χ1v) is 16.7. The molecule has 1 fully saturated rings. The molecule has 47 heavy (non-hydrogen) atoms. The lowest BCUT2D eigenvalue weighted by atomic mass is 9.93. The number of benzene rings is 3. The minimum Gasteiger partial charge on any atom is -0.370 e. The van der Waals surface area contributed by atoms with Crippen molar-refractivity contribution in [1.82, 2.24) is 25.8 Å². The molecule has 3 heterocycles. The van der Waals surface area contributed by atoms with Gasteiger partial charge in [0.2, 0.25) is 11.8 Å². The summed E-state index contributed by atoms with van der Waals surface area (Å²) in [4.78, 5) is 37.4. The lowest BCUT2D eigenvalue weighted by molar-refractivity contribution is -0.132. The third-order valence-corrected chi connectivity index (χ3v) is 9.52. The van der Waals surface area contributed by atoms with E-state index in [1.165, 1.54) is 22.1 Å². The van der Waals surface area contributed by atoms with Crippen LogP contribution in [0, 0.1) is 0 Å². The fourth-order valence-corrected chi connectivity index (χ4v) is 6.97. The Hall–Kier alpha value is -4.67. The molecule has 10 nitrogen and oxygen atoms in total.